The molecule has 27 heavy (non-hydrogen) atoms. The average molecular weight is 373 g/mol. The first-order valence-corrected chi connectivity index (χ1v) is 10.0. The minimum Gasteiger partial charge on any atom is -0.391 e. The van der Waals surface area contributed by atoms with E-state index in [0.29, 0.717) is 32.6 Å². The van der Waals surface area contributed by atoms with Crippen molar-refractivity contribution in [2.45, 2.75) is 45.3 Å². The molecule has 1 aromatic carbocycles. The van der Waals surface area contributed by atoms with Crippen LogP contribution in [0.4, 0.5) is 0 Å². The van der Waals surface area contributed by atoms with Crippen molar-refractivity contribution in [1.29, 1.82) is 0 Å². The topological polar surface area (TPSA) is 72.9 Å². The smallest absolute Gasteiger partial charge is 0.236 e. The number of carbonyl (C=O) groups is 2. The van der Waals surface area contributed by atoms with Gasteiger partial charge in [0.1, 0.15) is 0 Å². The van der Waals surface area contributed by atoms with Crippen LogP contribution in [0, 0.1) is 5.41 Å². The van der Waals surface area contributed by atoms with Crippen molar-refractivity contribution in [2.24, 2.45) is 5.41 Å². The highest BCUT2D eigenvalue weighted by atomic mass is 16.3. The van der Waals surface area contributed by atoms with Gasteiger partial charge in [0.2, 0.25) is 11.8 Å². The number of hydrogen-bond donors (Lipinski definition) is 2. The van der Waals surface area contributed by atoms with Gasteiger partial charge >= 0.3 is 0 Å². The van der Waals surface area contributed by atoms with Crippen LogP contribution in [-0.2, 0) is 9.59 Å². The fraction of sp³-hybridized carbons (Fsp3) is 0.619. The molecule has 0 radical (unpaired) electrons. The van der Waals surface area contributed by atoms with E-state index < -0.39 is 11.5 Å². The number of rotatable bonds is 5. The molecule has 2 amide bonds. The maximum atomic E-state index is 13.0. The van der Waals surface area contributed by atoms with Crippen molar-refractivity contribution in [1.82, 2.24) is 15.1 Å². The molecule has 2 aliphatic rings. The molecule has 0 saturated carbocycles. The second-order valence-electron chi connectivity index (χ2n) is 7.79. The lowest BCUT2D eigenvalue weighted by Crippen LogP contribution is -2.60. The van der Waals surface area contributed by atoms with Crippen molar-refractivity contribution in [2.75, 3.05) is 32.7 Å². The van der Waals surface area contributed by atoms with E-state index in [2.05, 4.69) is 10.2 Å². The molecule has 1 spiro atoms. The summed E-state index contributed by atoms with van der Waals surface area (Å²) < 4.78 is 0. The van der Waals surface area contributed by atoms with Crippen LogP contribution in [0.25, 0.3) is 0 Å². The molecule has 6 heteroatoms. The Morgan fingerprint density at radius 3 is 2.67 bits per heavy atom. The number of nitrogens with one attached hydrogen (secondary N) is 1. The van der Waals surface area contributed by atoms with Crippen LogP contribution >= 0.6 is 0 Å². The zero-order chi connectivity index (χ0) is 19.4. The van der Waals surface area contributed by atoms with Gasteiger partial charge in [-0.3, -0.25) is 14.5 Å². The monoisotopic (exact) mass is 373 g/mol. The molecule has 0 bridgehead atoms. The molecule has 6 nitrogen and oxygen atoms in total. The summed E-state index contributed by atoms with van der Waals surface area (Å²) in [6.45, 7) is 7.06. The second-order valence-corrected chi connectivity index (χ2v) is 7.79. The van der Waals surface area contributed by atoms with E-state index >= 15 is 0 Å². The Morgan fingerprint density at radius 1 is 1.30 bits per heavy atom. The number of likely N-dealkylation sites (N-methyl/N-ethyl adjacent to an activating group) is 1. The average Bonchev–Trinajstić information content (AvgIpc) is 2.66. The molecule has 0 aliphatic carbocycles. The van der Waals surface area contributed by atoms with Crippen LogP contribution in [0.5, 0.6) is 0 Å². The number of nitrogens with zero attached hydrogens (tertiary/aromatic N) is 2. The summed E-state index contributed by atoms with van der Waals surface area (Å²) in [5, 5.41) is 13.8. The molecule has 2 aliphatic heterocycles. The van der Waals surface area contributed by atoms with Crippen LogP contribution in [-0.4, -0.2) is 65.5 Å². The van der Waals surface area contributed by atoms with Gasteiger partial charge in [-0.1, -0.05) is 30.3 Å². The number of amides is 2. The first-order valence-electron chi connectivity index (χ1n) is 10.0. The number of piperidine rings is 2. The summed E-state index contributed by atoms with van der Waals surface area (Å²) in [5.74, 6) is 0.109. The summed E-state index contributed by atoms with van der Waals surface area (Å²) in [5.41, 5.74) is 0.324. The molecule has 0 unspecified atom stereocenters. The van der Waals surface area contributed by atoms with Gasteiger partial charge in [0.25, 0.3) is 0 Å². The van der Waals surface area contributed by atoms with Crippen LogP contribution in [0.3, 0.4) is 0 Å². The van der Waals surface area contributed by atoms with Gasteiger partial charge in [-0.05, 0) is 45.2 Å². The lowest BCUT2D eigenvalue weighted by Gasteiger charge is -2.47. The van der Waals surface area contributed by atoms with Crippen LogP contribution in [0.2, 0.25) is 0 Å². The van der Waals surface area contributed by atoms with Crippen LogP contribution < -0.4 is 5.32 Å². The lowest BCUT2D eigenvalue weighted by molar-refractivity contribution is -0.147. The van der Waals surface area contributed by atoms with Crippen molar-refractivity contribution in [3.05, 3.63) is 35.9 Å². The van der Waals surface area contributed by atoms with Gasteiger partial charge in [-0.2, -0.15) is 0 Å². The van der Waals surface area contributed by atoms with Gasteiger partial charge in [0.15, 0.2) is 0 Å². The van der Waals surface area contributed by atoms with E-state index in [1.807, 2.05) is 49.1 Å². The SMILES string of the molecule is CCN(CC)C(=O)CN1CCC[C@@]2(C[C@@H](O)[C@H](c3ccccc3)NC2=O)C1. The van der Waals surface area contributed by atoms with Gasteiger partial charge in [-0.15, -0.1) is 0 Å². The highest BCUT2D eigenvalue weighted by Gasteiger charge is 2.49. The third-order valence-corrected chi connectivity index (χ3v) is 6.04. The van der Waals surface area contributed by atoms with E-state index in [-0.39, 0.29) is 17.9 Å². The van der Waals surface area contributed by atoms with E-state index in [1.54, 1.807) is 0 Å². The first-order chi connectivity index (χ1) is 13.0. The normalized spacial score (nSPS) is 28.8. The van der Waals surface area contributed by atoms with Gasteiger partial charge in [0.05, 0.1) is 24.1 Å². The Labute approximate surface area is 161 Å². The number of carbonyl (C=O) groups excluding carboxylic acids is 2. The molecule has 148 valence electrons. The van der Waals surface area contributed by atoms with E-state index in [9.17, 15) is 14.7 Å². The fourth-order valence-corrected chi connectivity index (χ4v) is 4.55. The van der Waals surface area contributed by atoms with Crippen molar-refractivity contribution in [3.63, 3.8) is 0 Å². The molecule has 2 saturated heterocycles. The highest BCUT2D eigenvalue weighted by molar-refractivity contribution is 5.85. The first kappa shape index (κ1) is 19.8. The number of hydrogen-bond acceptors (Lipinski definition) is 4. The summed E-state index contributed by atoms with van der Waals surface area (Å²) in [7, 11) is 0. The molecular formula is C21H31N3O3. The number of likely N-dealkylation sites (tertiary alicyclic amines) is 1. The number of aliphatic hydroxyl groups excluding tert-OH is 1. The highest BCUT2D eigenvalue weighted by Crippen LogP contribution is 2.41. The lowest BCUT2D eigenvalue weighted by atomic mass is 9.70. The Balaban J connectivity index is 1.69. The predicted octanol–water partition coefficient (Wildman–Crippen LogP) is 1.56. The van der Waals surface area contributed by atoms with Gasteiger partial charge < -0.3 is 15.3 Å². The van der Waals surface area contributed by atoms with Crippen LogP contribution in [0.15, 0.2) is 30.3 Å². The van der Waals surface area contributed by atoms with Crippen molar-refractivity contribution < 1.29 is 14.7 Å². The Kier molecular flexibility index (Phi) is 6.17. The van der Waals surface area contributed by atoms with Gasteiger partial charge in [0, 0.05) is 19.6 Å². The van der Waals surface area contributed by atoms with Crippen LogP contribution in [0.1, 0.15) is 44.7 Å². The maximum absolute atomic E-state index is 13.0. The zero-order valence-electron chi connectivity index (χ0n) is 16.4. The van der Waals surface area contributed by atoms with E-state index in [4.69, 9.17) is 0 Å². The minimum atomic E-state index is -0.622. The maximum Gasteiger partial charge on any atom is 0.236 e. The molecule has 2 fully saturated rings. The van der Waals surface area contributed by atoms with E-state index in [0.717, 1.165) is 24.9 Å². The zero-order valence-corrected chi connectivity index (χ0v) is 16.4. The third kappa shape index (κ3) is 4.17. The molecule has 0 aromatic heterocycles. The Hall–Kier alpha value is -1.92. The Morgan fingerprint density at radius 2 is 2.00 bits per heavy atom. The molecule has 3 atom stereocenters. The number of benzene rings is 1. The summed E-state index contributed by atoms with van der Waals surface area (Å²) in [4.78, 5) is 29.4. The largest absolute Gasteiger partial charge is 0.391 e. The quantitative estimate of drug-likeness (QED) is 0.822. The Bertz CT molecular complexity index is 662. The summed E-state index contributed by atoms with van der Waals surface area (Å²) in [6.07, 6.45) is 1.44. The number of aliphatic hydroxyl groups is 1. The minimum absolute atomic E-state index is 0.00152. The standard InChI is InChI=1S/C21H31N3O3/c1-3-24(4-2)18(26)14-23-12-8-11-21(15-23)13-17(25)19(22-20(21)27)16-9-6-5-7-10-16/h5-7,9-10,17,19,25H,3-4,8,11-15H2,1-2H3,(H,22,27)/t17-,19+,21-/m1/s1. The molecule has 2 heterocycles. The van der Waals surface area contributed by atoms with Crippen molar-refractivity contribution in [3.8, 4) is 0 Å². The molecule has 1 aromatic rings. The molecule has 3 rings (SSSR count). The van der Waals surface area contributed by atoms with Crippen molar-refractivity contribution >= 4 is 11.8 Å². The fourth-order valence-electron chi connectivity index (χ4n) is 4.55. The second kappa shape index (κ2) is 8.40. The van der Waals surface area contributed by atoms with Gasteiger partial charge in [-0.25, -0.2) is 0 Å². The van der Waals surface area contributed by atoms with E-state index in [1.165, 1.54) is 0 Å². The summed E-state index contributed by atoms with van der Waals surface area (Å²) >= 11 is 0. The third-order valence-electron chi connectivity index (χ3n) is 6.04. The molecular weight excluding hydrogens is 342 g/mol. The predicted molar refractivity (Wildman–Crippen MR) is 104 cm³/mol. The molecule has 2 N–H and O–H groups in total. The summed E-state index contributed by atoms with van der Waals surface area (Å²) in [6, 6.07) is 9.26.